The highest BCUT2D eigenvalue weighted by Gasteiger charge is 2.12. The molecule has 88 valence electrons. The minimum Gasteiger partial charge on any atom is -0.382 e. The Bertz CT molecular complexity index is 341. The van der Waals surface area contributed by atoms with E-state index in [1.807, 2.05) is 13.0 Å². The molecule has 1 fully saturated rings. The van der Waals surface area contributed by atoms with Gasteiger partial charge in [-0.3, -0.25) is 0 Å². The summed E-state index contributed by atoms with van der Waals surface area (Å²) in [6.07, 6.45) is 7.85. The monoisotopic (exact) mass is 221 g/mol. The highest BCUT2D eigenvalue weighted by atomic mass is 19.1. The van der Waals surface area contributed by atoms with Crippen LogP contribution in [0.25, 0.3) is 0 Å². The van der Waals surface area contributed by atoms with Crippen molar-refractivity contribution < 1.29 is 4.39 Å². The highest BCUT2D eigenvalue weighted by molar-refractivity contribution is 5.51. The lowest BCUT2D eigenvalue weighted by Gasteiger charge is -2.19. The van der Waals surface area contributed by atoms with Gasteiger partial charge in [0.2, 0.25) is 0 Å². The fourth-order valence-corrected chi connectivity index (χ4v) is 2.43. The summed E-state index contributed by atoms with van der Waals surface area (Å²) in [4.78, 5) is 0. The van der Waals surface area contributed by atoms with Crippen LogP contribution in [0.4, 0.5) is 10.1 Å². The number of aryl methyl sites for hydroxylation is 1. The van der Waals surface area contributed by atoms with E-state index in [0.717, 1.165) is 11.3 Å². The molecule has 0 unspecified atom stereocenters. The van der Waals surface area contributed by atoms with Gasteiger partial charge in [0, 0.05) is 11.7 Å². The Morgan fingerprint density at radius 3 is 2.44 bits per heavy atom. The van der Waals surface area contributed by atoms with Crippen molar-refractivity contribution in [2.24, 2.45) is 0 Å². The van der Waals surface area contributed by atoms with Crippen LogP contribution in [-0.2, 0) is 0 Å². The lowest BCUT2D eigenvalue weighted by atomic mass is 10.1. The third-order valence-corrected chi connectivity index (χ3v) is 3.40. The van der Waals surface area contributed by atoms with Gasteiger partial charge in [-0.25, -0.2) is 4.39 Å². The van der Waals surface area contributed by atoms with E-state index in [1.165, 1.54) is 44.6 Å². The van der Waals surface area contributed by atoms with Crippen LogP contribution in [-0.4, -0.2) is 6.04 Å². The maximum Gasteiger partial charge on any atom is 0.123 e. The smallest absolute Gasteiger partial charge is 0.123 e. The lowest BCUT2D eigenvalue weighted by Crippen LogP contribution is -2.18. The second-order valence-corrected chi connectivity index (χ2v) is 4.79. The zero-order valence-electron chi connectivity index (χ0n) is 9.93. The van der Waals surface area contributed by atoms with Gasteiger partial charge in [-0.15, -0.1) is 0 Å². The van der Waals surface area contributed by atoms with Crippen molar-refractivity contribution >= 4 is 5.69 Å². The molecule has 0 atom stereocenters. The SMILES string of the molecule is Cc1cc(F)ccc1NC1CCCCCC1. The Kier molecular flexibility index (Phi) is 3.81. The molecule has 1 nitrogen and oxygen atoms in total. The number of hydrogen-bond acceptors (Lipinski definition) is 1. The molecular weight excluding hydrogens is 201 g/mol. The summed E-state index contributed by atoms with van der Waals surface area (Å²) in [5, 5.41) is 3.55. The van der Waals surface area contributed by atoms with Crippen molar-refractivity contribution in [3.05, 3.63) is 29.6 Å². The largest absolute Gasteiger partial charge is 0.382 e. The van der Waals surface area contributed by atoms with Crippen LogP contribution in [0.15, 0.2) is 18.2 Å². The average Bonchev–Trinajstić information content (AvgIpc) is 2.51. The maximum atomic E-state index is 13.0. The van der Waals surface area contributed by atoms with Crippen LogP contribution >= 0.6 is 0 Å². The van der Waals surface area contributed by atoms with E-state index in [1.54, 1.807) is 6.07 Å². The summed E-state index contributed by atoms with van der Waals surface area (Å²) in [7, 11) is 0. The molecule has 0 radical (unpaired) electrons. The Labute approximate surface area is 97.1 Å². The molecule has 1 aliphatic carbocycles. The second kappa shape index (κ2) is 5.33. The van der Waals surface area contributed by atoms with E-state index in [4.69, 9.17) is 0 Å². The number of rotatable bonds is 2. The summed E-state index contributed by atoms with van der Waals surface area (Å²) in [6, 6.07) is 5.56. The number of nitrogens with one attached hydrogen (secondary N) is 1. The zero-order chi connectivity index (χ0) is 11.4. The fourth-order valence-electron chi connectivity index (χ4n) is 2.43. The normalized spacial score (nSPS) is 18.1. The van der Waals surface area contributed by atoms with Gasteiger partial charge in [-0.1, -0.05) is 25.7 Å². The van der Waals surface area contributed by atoms with Gasteiger partial charge in [0.15, 0.2) is 0 Å². The van der Waals surface area contributed by atoms with Crippen LogP contribution < -0.4 is 5.32 Å². The van der Waals surface area contributed by atoms with Crippen molar-refractivity contribution in [2.75, 3.05) is 5.32 Å². The first kappa shape index (κ1) is 11.4. The van der Waals surface area contributed by atoms with Gasteiger partial charge < -0.3 is 5.32 Å². The van der Waals surface area contributed by atoms with Gasteiger partial charge in [-0.05, 0) is 43.5 Å². The Balaban J connectivity index is 2.01. The summed E-state index contributed by atoms with van der Waals surface area (Å²) in [6.45, 7) is 1.96. The molecule has 0 saturated heterocycles. The standard InChI is InChI=1S/C14H20FN/c1-11-10-12(15)8-9-14(11)16-13-6-4-2-3-5-7-13/h8-10,13,16H,2-7H2,1H3. The fraction of sp³-hybridized carbons (Fsp3) is 0.571. The molecule has 1 N–H and O–H groups in total. The number of halogens is 1. The first-order valence-electron chi connectivity index (χ1n) is 6.28. The number of hydrogen-bond donors (Lipinski definition) is 1. The molecule has 1 aliphatic rings. The predicted molar refractivity (Wildman–Crippen MR) is 66.2 cm³/mol. The lowest BCUT2D eigenvalue weighted by molar-refractivity contribution is 0.615. The Morgan fingerprint density at radius 2 is 1.81 bits per heavy atom. The summed E-state index contributed by atoms with van der Waals surface area (Å²) in [5.74, 6) is -0.149. The molecular formula is C14H20FN. The molecule has 0 bridgehead atoms. The van der Waals surface area contributed by atoms with Crippen molar-refractivity contribution in [3.63, 3.8) is 0 Å². The van der Waals surface area contributed by atoms with Crippen LogP contribution in [0, 0.1) is 12.7 Å². The predicted octanol–water partition coefficient (Wildman–Crippen LogP) is 4.27. The Hall–Kier alpha value is -1.05. The molecule has 1 aromatic carbocycles. The molecule has 16 heavy (non-hydrogen) atoms. The van der Waals surface area contributed by atoms with E-state index in [2.05, 4.69) is 5.32 Å². The van der Waals surface area contributed by atoms with Gasteiger partial charge in [0.25, 0.3) is 0 Å². The van der Waals surface area contributed by atoms with Crippen molar-refractivity contribution in [1.82, 2.24) is 0 Å². The summed E-state index contributed by atoms with van der Waals surface area (Å²) in [5.41, 5.74) is 2.09. The van der Waals surface area contributed by atoms with Gasteiger partial charge in [0.05, 0.1) is 0 Å². The summed E-state index contributed by atoms with van der Waals surface area (Å²) >= 11 is 0. The van der Waals surface area contributed by atoms with Gasteiger partial charge >= 0.3 is 0 Å². The number of benzene rings is 1. The van der Waals surface area contributed by atoms with Crippen molar-refractivity contribution in [3.8, 4) is 0 Å². The molecule has 0 amide bonds. The third-order valence-electron chi connectivity index (χ3n) is 3.40. The molecule has 1 aromatic rings. The van der Waals surface area contributed by atoms with Crippen molar-refractivity contribution in [1.29, 1.82) is 0 Å². The van der Waals surface area contributed by atoms with Gasteiger partial charge in [0.1, 0.15) is 5.82 Å². The van der Waals surface area contributed by atoms with Crippen molar-refractivity contribution in [2.45, 2.75) is 51.5 Å². The average molecular weight is 221 g/mol. The minimum absolute atomic E-state index is 0.149. The topological polar surface area (TPSA) is 12.0 Å². The van der Waals surface area contributed by atoms with E-state index < -0.39 is 0 Å². The number of anilines is 1. The van der Waals surface area contributed by atoms with Gasteiger partial charge in [-0.2, -0.15) is 0 Å². The second-order valence-electron chi connectivity index (χ2n) is 4.79. The van der Waals surface area contributed by atoms with E-state index >= 15 is 0 Å². The van der Waals surface area contributed by atoms with E-state index in [0.29, 0.717) is 6.04 Å². The minimum atomic E-state index is -0.149. The highest BCUT2D eigenvalue weighted by Crippen LogP contribution is 2.23. The molecule has 0 aromatic heterocycles. The third kappa shape index (κ3) is 2.97. The first-order valence-corrected chi connectivity index (χ1v) is 6.28. The summed E-state index contributed by atoms with van der Waals surface area (Å²) < 4.78 is 13.0. The van der Waals surface area contributed by atoms with Crippen LogP contribution in [0.5, 0.6) is 0 Å². The Morgan fingerprint density at radius 1 is 1.12 bits per heavy atom. The van der Waals surface area contributed by atoms with E-state index in [-0.39, 0.29) is 5.82 Å². The first-order chi connectivity index (χ1) is 7.75. The molecule has 2 rings (SSSR count). The molecule has 1 saturated carbocycles. The maximum absolute atomic E-state index is 13.0. The molecule has 2 heteroatoms. The molecule has 0 aliphatic heterocycles. The molecule has 0 heterocycles. The quantitative estimate of drug-likeness (QED) is 0.735. The van der Waals surface area contributed by atoms with E-state index in [9.17, 15) is 4.39 Å². The van der Waals surface area contributed by atoms with Crippen LogP contribution in [0.3, 0.4) is 0 Å². The van der Waals surface area contributed by atoms with Crippen LogP contribution in [0.1, 0.15) is 44.1 Å². The van der Waals surface area contributed by atoms with Crippen LogP contribution in [0.2, 0.25) is 0 Å². The zero-order valence-corrected chi connectivity index (χ0v) is 9.93. The molecule has 0 spiro atoms.